The fourth-order valence-electron chi connectivity index (χ4n) is 1.22. The lowest BCUT2D eigenvalue weighted by Gasteiger charge is -1.98. The van der Waals surface area contributed by atoms with Crippen molar-refractivity contribution < 1.29 is 9.13 Å². The van der Waals surface area contributed by atoms with Crippen LogP contribution in [0.1, 0.15) is 0 Å². The minimum Gasteiger partial charge on any atom is -0.468 e. The van der Waals surface area contributed by atoms with Crippen LogP contribution in [0.2, 0.25) is 0 Å². The van der Waals surface area contributed by atoms with Gasteiger partial charge in [0.2, 0.25) is 0 Å². The summed E-state index contributed by atoms with van der Waals surface area (Å²) >= 11 is 0. The number of methoxy groups -OCH3 is 1. The third kappa shape index (κ3) is 1.46. The lowest BCUT2D eigenvalue weighted by molar-refractivity contribution is 0.384. The topological polar surface area (TPSA) is 37.9 Å². The van der Waals surface area contributed by atoms with E-state index in [9.17, 15) is 4.39 Å². The number of halogens is 1. The van der Waals surface area contributed by atoms with Crippen molar-refractivity contribution in [3.8, 4) is 17.3 Å². The summed E-state index contributed by atoms with van der Waals surface area (Å²) in [6, 6.07) is 6.88. The van der Waals surface area contributed by atoms with Gasteiger partial charge in [-0.3, -0.25) is 0 Å². The molecule has 0 radical (unpaired) electrons. The van der Waals surface area contributed by atoms with Gasteiger partial charge in [-0.05, 0) is 12.1 Å². The number of hydrogen-bond donors (Lipinski definition) is 1. The molecule has 0 aliphatic heterocycles. The molecule has 1 aromatic carbocycles. The molecule has 2 aromatic rings. The van der Waals surface area contributed by atoms with E-state index in [0.717, 1.165) is 0 Å². The van der Waals surface area contributed by atoms with E-state index in [0.29, 0.717) is 17.3 Å². The zero-order chi connectivity index (χ0) is 9.97. The summed E-state index contributed by atoms with van der Waals surface area (Å²) in [6.45, 7) is 0. The predicted octanol–water partition coefficient (Wildman–Crippen LogP) is 2.22. The Morgan fingerprint density at radius 3 is 2.79 bits per heavy atom. The number of benzene rings is 1. The van der Waals surface area contributed by atoms with Crippen LogP contribution >= 0.6 is 0 Å². The van der Waals surface area contributed by atoms with Crippen LogP contribution in [-0.2, 0) is 0 Å². The number of imidazole rings is 1. The maximum atomic E-state index is 13.3. The van der Waals surface area contributed by atoms with Crippen molar-refractivity contribution in [3.05, 3.63) is 36.3 Å². The molecule has 14 heavy (non-hydrogen) atoms. The standard InChI is InChI=1S/C10H9FN2O/c1-14-10-12-6-9(13-10)7-4-2-3-5-8(7)11/h2-6H,1H3,(H,12,13). The molecule has 0 unspecified atom stereocenters. The van der Waals surface area contributed by atoms with Crippen molar-refractivity contribution >= 4 is 0 Å². The Bertz CT molecular complexity index is 439. The average Bonchev–Trinajstić information content (AvgIpc) is 2.67. The van der Waals surface area contributed by atoms with E-state index < -0.39 is 0 Å². The quantitative estimate of drug-likeness (QED) is 0.792. The third-order valence-electron chi connectivity index (χ3n) is 1.91. The fraction of sp³-hybridized carbons (Fsp3) is 0.100. The Morgan fingerprint density at radius 2 is 2.14 bits per heavy atom. The molecule has 0 atom stereocenters. The van der Waals surface area contributed by atoms with Crippen LogP contribution in [0.25, 0.3) is 11.3 Å². The van der Waals surface area contributed by atoms with Crippen molar-refractivity contribution in [2.75, 3.05) is 7.11 Å². The van der Waals surface area contributed by atoms with Gasteiger partial charge in [-0.2, -0.15) is 0 Å². The van der Waals surface area contributed by atoms with Gasteiger partial charge in [0.1, 0.15) is 5.82 Å². The lowest BCUT2D eigenvalue weighted by atomic mass is 10.1. The number of aromatic nitrogens is 2. The van der Waals surface area contributed by atoms with E-state index in [4.69, 9.17) is 4.74 Å². The highest BCUT2D eigenvalue weighted by Gasteiger charge is 2.06. The van der Waals surface area contributed by atoms with E-state index in [1.54, 1.807) is 18.2 Å². The molecule has 1 heterocycles. The van der Waals surface area contributed by atoms with E-state index in [1.807, 2.05) is 0 Å². The molecule has 1 N–H and O–H groups in total. The first kappa shape index (κ1) is 8.74. The van der Waals surface area contributed by atoms with Gasteiger partial charge in [0.25, 0.3) is 6.01 Å². The van der Waals surface area contributed by atoms with Crippen LogP contribution in [0.5, 0.6) is 6.01 Å². The summed E-state index contributed by atoms with van der Waals surface area (Å²) in [5.74, 6) is -0.279. The second-order valence-corrected chi connectivity index (χ2v) is 2.79. The summed E-state index contributed by atoms with van der Waals surface area (Å²) in [6.07, 6.45) is 1.54. The van der Waals surface area contributed by atoms with Gasteiger partial charge >= 0.3 is 0 Å². The molecule has 0 aliphatic rings. The molecule has 0 spiro atoms. The highest BCUT2D eigenvalue weighted by Crippen LogP contribution is 2.21. The Balaban J connectivity index is 2.44. The van der Waals surface area contributed by atoms with Crippen molar-refractivity contribution in [1.82, 2.24) is 9.97 Å². The number of nitrogens with zero attached hydrogens (tertiary/aromatic N) is 1. The summed E-state index contributed by atoms with van der Waals surface area (Å²) in [4.78, 5) is 6.75. The summed E-state index contributed by atoms with van der Waals surface area (Å²) in [5.41, 5.74) is 1.10. The van der Waals surface area contributed by atoms with Crippen LogP contribution in [0.15, 0.2) is 30.5 Å². The lowest BCUT2D eigenvalue weighted by Crippen LogP contribution is -1.85. The first-order valence-corrected chi connectivity index (χ1v) is 4.15. The molecule has 3 nitrogen and oxygen atoms in total. The van der Waals surface area contributed by atoms with E-state index in [-0.39, 0.29) is 5.82 Å². The van der Waals surface area contributed by atoms with Crippen LogP contribution < -0.4 is 4.74 Å². The number of aromatic amines is 1. The van der Waals surface area contributed by atoms with Gasteiger partial charge in [-0.1, -0.05) is 12.1 Å². The zero-order valence-corrected chi connectivity index (χ0v) is 7.62. The van der Waals surface area contributed by atoms with Crippen LogP contribution in [-0.4, -0.2) is 17.1 Å². The first-order valence-electron chi connectivity index (χ1n) is 4.15. The highest BCUT2D eigenvalue weighted by atomic mass is 19.1. The third-order valence-corrected chi connectivity index (χ3v) is 1.91. The van der Waals surface area contributed by atoms with Gasteiger partial charge < -0.3 is 9.72 Å². The molecule has 72 valence electrons. The molecule has 0 saturated carbocycles. The SMILES string of the molecule is COc1ncc(-c2ccccc2F)[nH]1. The smallest absolute Gasteiger partial charge is 0.293 e. The molecule has 0 saturated heterocycles. The van der Waals surface area contributed by atoms with Crippen LogP contribution in [0.3, 0.4) is 0 Å². The summed E-state index contributed by atoms with van der Waals surface area (Å²) < 4.78 is 18.2. The van der Waals surface area contributed by atoms with Crippen molar-refractivity contribution in [1.29, 1.82) is 0 Å². The molecule has 0 aliphatic carbocycles. The first-order chi connectivity index (χ1) is 6.81. The maximum Gasteiger partial charge on any atom is 0.293 e. The monoisotopic (exact) mass is 192 g/mol. The number of hydrogen-bond acceptors (Lipinski definition) is 2. The zero-order valence-electron chi connectivity index (χ0n) is 7.62. The van der Waals surface area contributed by atoms with E-state index >= 15 is 0 Å². The van der Waals surface area contributed by atoms with Crippen LogP contribution in [0.4, 0.5) is 4.39 Å². The fourth-order valence-corrected chi connectivity index (χ4v) is 1.22. The Morgan fingerprint density at radius 1 is 1.36 bits per heavy atom. The van der Waals surface area contributed by atoms with Crippen molar-refractivity contribution in [3.63, 3.8) is 0 Å². The van der Waals surface area contributed by atoms with Crippen LogP contribution in [0, 0.1) is 5.82 Å². The van der Waals surface area contributed by atoms with Gasteiger partial charge in [-0.25, -0.2) is 9.37 Å². The molecular weight excluding hydrogens is 183 g/mol. The minimum absolute atomic E-state index is 0.279. The number of ether oxygens (including phenoxy) is 1. The number of nitrogens with one attached hydrogen (secondary N) is 1. The average molecular weight is 192 g/mol. The summed E-state index contributed by atoms with van der Waals surface area (Å²) in [7, 11) is 1.50. The van der Waals surface area contributed by atoms with E-state index in [2.05, 4.69) is 9.97 Å². The highest BCUT2D eigenvalue weighted by molar-refractivity contribution is 5.59. The van der Waals surface area contributed by atoms with Gasteiger partial charge in [0.15, 0.2) is 0 Å². The normalized spacial score (nSPS) is 10.1. The Kier molecular flexibility index (Phi) is 2.18. The van der Waals surface area contributed by atoms with E-state index in [1.165, 1.54) is 19.4 Å². The van der Waals surface area contributed by atoms with Gasteiger partial charge in [-0.15, -0.1) is 0 Å². The Hall–Kier alpha value is -1.84. The second-order valence-electron chi connectivity index (χ2n) is 2.79. The maximum absolute atomic E-state index is 13.3. The Labute approximate surface area is 80.6 Å². The predicted molar refractivity (Wildman–Crippen MR) is 50.5 cm³/mol. The molecular formula is C10H9FN2O. The molecule has 0 fully saturated rings. The van der Waals surface area contributed by atoms with Crippen molar-refractivity contribution in [2.24, 2.45) is 0 Å². The largest absolute Gasteiger partial charge is 0.468 e. The molecule has 2 rings (SSSR count). The molecule has 0 bridgehead atoms. The van der Waals surface area contributed by atoms with Gasteiger partial charge in [0, 0.05) is 5.56 Å². The summed E-state index contributed by atoms with van der Waals surface area (Å²) in [5, 5.41) is 0. The second kappa shape index (κ2) is 3.49. The molecule has 4 heteroatoms. The van der Waals surface area contributed by atoms with Crippen molar-refractivity contribution in [2.45, 2.75) is 0 Å². The molecule has 0 amide bonds. The minimum atomic E-state index is -0.279. The number of H-pyrrole nitrogens is 1. The molecule has 1 aromatic heterocycles. The van der Waals surface area contributed by atoms with Gasteiger partial charge in [0.05, 0.1) is 19.0 Å². The number of rotatable bonds is 2.